The molecule has 0 aliphatic carbocycles. The number of carbonyl (C=O) groups is 2. The summed E-state index contributed by atoms with van der Waals surface area (Å²) in [5.74, 6) is -2.81. The van der Waals surface area contributed by atoms with E-state index < -0.39 is 42.4 Å². The van der Waals surface area contributed by atoms with Crippen LogP contribution in [0.1, 0.15) is 108 Å². The molecule has 2 heterocycles. The summed E-state index contributed by atoms with van der Waals surface area (Å²) in [4.78, 5) is 25.9. The molecular formula is C59H69F2N3O8SSi. The monoisotopic (exact) mass is 1050 g/mol. The van der Waals surface area contributed by atoms with Crippen molar-refractivity contribution in [2.45, 2.75) is 129 Å². The summed E-state index contributed by atoms with van der Waals surface area (Å²) in [7, 11) is -6.12. The molecule has 15 heteroatoms. The lowest BCUT2D eigenvalue weighted by Crippen LogP contribution is -2.43. The van der Waals surface area contributed by atoms with Crippen LogP contribution in [0.15, 0.2) is 133 Å². The van der Waals surface area contributed by atoms with Gasteiger partial charge in [0, 0.05) is 48.0 Å². The molecular weight excluding hydrogens is 977 g/mol. The third-order valence-electron chi connectivity index (χ3n) is 13.9. The van der Waals surface area contributed by atoms with Crippen LogP contribution in [0.5, 0.6) is 11.5 Å². The molecule has 11 nitrogen and oxygen atoms in total. The summed E-state index contributed by atoms with van der Waals surface area (Å²) in [5.41, 5.74) is 3.97. The lowest BCUT2D eigenvalue weighted by molar-refractivity contribution is -0.144. The molecule has 1 unspecified atom stereocenters. The SMILES string of the molecule is CCOC(=O)CCc1cccc(C(CCCCC(C)(C)CO[Si](C)(C)C(C)(C)C)n2ccc(-c3cc(Oc4c(F)cc5c(ccn5S(=O)(=O)c5ccc(C)cc5)c4CC(=O)OCc4ccccc4)ccc3F)n2)c1. The molecule has 0 aliphatic rings. The van der Waals surface area contributed by atoms with E-state index in [9.17, 15) is 18.0 Å². The van der Waals surface area contributed by atoms with Crippen molar-refractivity contribution < 1.29 is 45.4 Å². The first kappa shape index (κ1) is 55.3. The van der Waals surface area contributed by atoms with Crippen LogP contribution in [-0.4, -0.2) is 55.6 Å². The number of esters is 2. The third-order valence-corrected chi connectivity index (χ3v) is 20.1. The molecule has 0 bridgehead atoms. The number of nitrogens with zero attached hydrogens (tertiary/aromatic N) is 3. The first-order valence-corrected chi connectivity index (χ1v) is 29.7. The summed E-state index contributed by atoms with van der Waals surface area (Å²) >= 11 is 0. The molecule has 0 radical (unpaired) electrons. The van der Waals surface area contributed by atoms with Crippen molar-refractivity contribution in [2.75, 3.05) is 13.2 Å². The van der Waals surface area contributed by atoms with Gasteiger partial charge >= 0.3 is 11.9 Å². The lowest BCUT2D eigenvalue weighted by Gasteiger charge is -2.39. The molecule has 392 valence electrons. The van der Waals surface area contributed by atoms with Gasteiger partial charge in [-0.15, -0.1) is 0 Å². The van der Waals surface area contributed by atoms with E-state index in [0.29, 0.717) is 25.3 Å². The van der Waals surface area contributed by atoms with Crippen LogP contribution >= 0.6 is 0 Å². The number of fused-ring (bicyclic) bond motifs is 1. The average Bonchev–Trinajstić information content (AvgIpc) is 4.02. The van der Waals surface area contributed by atoms with Crippen LogP contribution in [0, 0.1) is 24.0 Å². The van der Waals surface area contributed by atoms with Gasteiger partial charge in [0.15, 0.2) is 19.9 Å². The van der Waals surface area contributed by atoms with Crippen molar-refractivity contribution >= 4 is 41.2 Å². The Morgan fingerprint density at radius 1 is 0.784 bits per heavy atom. The Bertz CT molecular complexity index is 3180. The molecule has 0 saturated carbocycles. The second kappa shape index (κ2) is 23.4. The van der Waals surface area contributed by atoms with Crippen molar-refractivity contribution in [3.05, 3.63) is 167 Å². The fourth-order valence-corrected chi connectivity index (χ4v) is 11.1. The molecule has 2 aromatic heterocycles. The van der Waals surface area contributed by atoms with Crippen molar-refractivity contribution in [2.24, 2.45) is 5.41 Å². The van der Waals surface area contributed by atoms with Crippen LogP contribution in [0.2, 0.25) is 18.1 Å². The smallest absolute Gasteiger partial charge is 0.310 e. The molecule has 7 rings (SSSR count). The predicted octanol–water partition coefficient (Wildman–Crippen LogP) is 14.1. The van der Waals surface area contributed by atoms with Gasteiger partial charge in [-0.2, -0.15) is 5.10 Å². The van der Waals surface area contributed by atoms with Gasteiger partial charge in [0.2, 0.25) is 0 Å². The molecule has 5 aromatic carbocycles. The number of benzene rings is 5. The lowest BCUT2D eigenvalue weighted by atomic mass is 9.87. The molecule has 0 saturated heterocycles. The molecule has 0 N–H and O–H groups in total. The minimum atomic E-state index is -4.19. The zero-order valence-electron chi connectivity index (χ0n) is 44.0. The molecule has 0 spiro atoms. The fourth-order valence-electron chi connectivity index (χ4n) is 8.56. The van der Waals surface area contributed by atoms with Gasteiger partial charge in [0.1, 0.15) is 18.2 Å². The van der Waals surface area contributed by atoms with Crippen LogP contribution < -0.4 is 4.74 Å². The summed E-state index contributed by atoms with van der Waals surface area (Å²) in [6, 6.07) is 31.5. The summed E-state index contributed by atoms with van der Waals surface area (Å²) in [6.45, 7) is 20.4. The van der Waals surface area contributed by atoms with E-state index >= 15 is 8.78 Å². The largest absolute Gasteiger partial charge is 0.466 e. The number of ether oxygens (including phenoxy) is 3. The normalized spacial score (nSPS) is 12.7. The number of rotatable bonds is 23. The van der Waals surface area contributed by atoms with E-state index in [2.05, 4.69) is 53.8 Å². The van der Waals surface area contributed by atoms with Crippen LogP contribution in [0.4, 0.5) is 8.78 Å². The number of aryl methyl sites for hydroxylation is 2. The van der Waals surface area contributed by atoms with Crippen LogP contribution in [-0.2, 0) is 53.0 Å². The van der Waals surface area contributed by atoms with Crippen molar-refractivity contribution in [3.63, 3.8) is 0 Å². The van der Waals surface area contributed by atoms with Gasteiger partial charge in [-0.1, -0.05) is 120 Å². The van der Waals surface area contributed by atoms with Gasteiger partial charge in [-0.3, -0.25) is 14.3 Å². The Hall–Kier alpha value is -6.42. The zero-order valence-corrected chi connectivity index (χ0v) is 45.9. The van der Waals surface area contributed by atoms with E-state index in [0.717, 1.165) is 58.0 Å². The molecule has 74 heavy (non-hydrogen) atoms. The molecule has 1 atom stereocenters. The van der Waals surface area contributed by atoms with Crippen LogP contribution in [0.25, 0.3) is 22.2 Å². The number of unbranched alkanes of at least 4 members (excludes halogenated alkanes) is 1. The molecule has 7 aromatic rings. The topological polar surface area (TPSA) is 128 Å². The van der Waals surface area contributed by atoms with Gasteiger partial charge in [-0.05, 0) is 116 Å². The Morgan fingerprint density at radius 2 is 1.51 bits per heavy atom. The summed E-state index contributed by atoms with van der Waals surface area (Å²) in [5, 5.41) is 5.31. The van der Waals surface area contributed by atoms with E-state index in [4.69, 9.17) is 23.7 Å². The highest BCUT2D eigenvalue weighted by atomic mass is 32.2. The van der Waals surface area contributed by atoms with Crippen LogP contribution in [0.3, 0.4) is 0 Å². The fraction of sp³-hybridized carbons (Fsp3) is 0.373. The minimum absolute atomic E-state index is 0.000214. The molecule has 0 fully saturated rings. The van der Waals surface area contributed by atoms with Gasteiger partial charge in [0.05, 0.1) is 35.2 Å². The quantitative estimate of drug-likeness (QED) is 0.0349. The second-order valence-electron chi connectivity index (χ2n) is 21.3. The minimum Gasteiger partial charge on any atom is -0.466 e. The van der Waals surface area contributed by atoms with Crippen molar-refractivity contribution in [1.82, 2.24) is 13.8 Å². The highest BCUT2D eigenvalue weighted by Gasteiger charge is 2.38. The van der Waals surface area contributed by atoms with E-state index in [1.165, 1.54) is 42.6 Å². The first-order valence-electron chi connectivity index (χ1n) is 25.3. The van der Waals surface area contributed by atoms with Gasteiger partial charge < -0.3 is 18.6 Å². The summed E-state index contributed by atoms with van der Waals surface area (Å²) in [6.07, 6.45) is 6.90. The third kappa shape index (κ3) is 13.6. The maximum Gasteiger partial charge on any atom is 0.310 e. The van der Waals surface area contributed by atoms with E-state index in [1.807, 2.05) is 54.2 Å². The van der Waals surface area contributed by atoms with Crippen molar-refractivity contribution in [1.29, 1.82) is 0 Å². The second-order valence-corrected chi connectivity index (χ2v) is 27.9. The predicted molar refractivity (Wildman–Crippen MR) is 288 cm³/mol. The Labute approximate surface area is 436 Å². The Balaban J connectivity index is 1.18. The van der Waals surface area contributed by atoms with Gasteiger partial charge in [0.25, 0.3) is 10.0 Å². The average molecular weight is 1050 g/mol. The summed E-state index contributed by atoms with van der Waals surface area (Å²) < 4.78 is 87.1. The molecule has 0 aliphatic heterocycles. The number of carbonyl (C=O) groups excluding carboxylic acids is 2. The number of hydrogen-bond donors (Lipinski definition) is 0. The standard InChI is InChI=1S/C59H69F2N3O8SSi/c1-10-69-55(65)29-24-42-19-16-20-44(35-42)53(21-14-15-32-59(6,7)40-71-74(8,9)58(3,4)5)63-33-31-52(62-63)49-36-45(25-28-50(49)60)72-57-48(37-56(66)70-39-43-17-12-11-13-18-43)47-30-34-64(54(47)38-51(57)61)73(67,68)46-26-22-41(2)23-27-46/h11-13,16-20,22-23,25-28,30-31,33-36,38,53H,10,14-15,21,24,29,32,37,39-40H2,1-9H3. The van der Waals surface area contributed by atoms with E-state index in [-0.39, 0.29) is 73.9 Å². The number of aromatic nitrogens is 3. The van der Waals surface area contributed by atoms with Gasteiger partial charge in [-0.25, -0.2) is 21.2 Å². The first-order chi connectivity index (χ1) is 35.0. The highest BCUT2D eigenvalue weighted by molar-refractivity contribution is 7.90. The highest BCUT2D eigenvalue weighted by Crippen LogP contribution is 2.40. The maximum atomic E-state index is 16.7. The Kier molecular flexibility index (Phi) is 17.5. The van der Waals surface area contributed by atoms with E-state index in [1.54, 1.807) is 37.3 Å². The molecule has 0 amide bonds. The zero-order chi connectivity index (χ0) is 53.4. The maximum absolute atomic E-state index is 16.7. The Morgan fingerprint density at radius 3 is 2.23 bits per heavy atom. The number of hydrogen-bond acceptors (Lipinski definition) is 9. The number of halogens is 2. The van der Waals surface area contributed by atoms with Crippen molar-refractivity contribution in [3.8, 4) is 22.8 Å².